The van der Waals surface area contributed by atoms with Crippen LogP contribution < -0.4 is 25.6 Å². The summed E-state index contributed by atoms with van der Waals surface area (Å²) in [6.45, 7) is 1.10. The van der Waals surface area contributed by atoms with Crippen molar-refractivity contribution in [2.75, 3.05) is 41.9 Å². The van der Waals surface area contributed by atoms with Gasteiger partial charge < -0.3 is 20.9 Å². The number of hydrogen-bond donors (Lipinski definition) is 4. The third-order valence-corrected chi connectivity index (χ3v) is 6.39. The summed E-state index contributed by atoms with van der Waals surface area (Å²) in [4.78, 5) is 30.8. The van der Waals surface area contributed by atoms with Gasteiger partial charge in [0.2, 0.25) is 21.9 Å². The molecule has 14 nitrogen and oxygen atoms in total. The second kappa shape index (κ2) is 8.74. The molecule has 0 atom stereocenters. The predicted molar refractivity (Wildman–Crippen MR) is 127 cm³/mol. The van der Waals surface area contributed by atoms with Crippen molar-refractivity contribution in [3.05, 3.63) is 30.1 Å². The molecule has 5 rings (SSSR count). The zero-order chi connectivity index (χ0) is 24.7. The number of anilines is 4. The minimum absolute atomic E-state index is 0.00929. The van der Waals surface area contributed by atoms with Crippen molar-refractivity contribution in [1.29, 1.82) is 0 Å². The summed E-state index contributed by atoms with van der Waals surface area (Å²) < 4.78 is 26.9. The lowest BCUT2D eigenvalue weighted by molar-refractivity contribution is -0.117. The van der Waals surface area contributed by atoms with Crippen molar-refractivity contribution in [3.63, 3.8) is 0 Å². The molecule has 1 aliphatic carbocycles. The summed E-state index contributed by atoms with van der Waals surface area (Å²) in [7, 11) is -1.77. The van der Waals surface area contributed by atoms with Gasteiger partial charge in [0.25, 0.3) is 5.91 Å². The van der Waals surface area contributed by atoms with Crippen molar-refractivity contribution in [3.8, 4) is 0 Å². The van der Waals surface area contributed by atoms with Crippen LogP contribution >= 0.6 is 0 Å². The molecule has 0 bridgehead atoms. The SMILES string of the molecule is CNC(=O)c1nnc(NC(=O)C2CC2)cc1Nc1nc2ccc(N3CC(NS(C)(=O)=O)C3)cn2n1. The van der Waals surface area contributed by atoms with E-state index >= 15 is 0 Å². The van der Waals surface area contributed by atoms with Crippen molar-refractivity contribution in [1.82, 2.24) is 34.8 Å². The van der Waals surface area contributed by atoms with Gasteiger partial charge in [-0.2, -0.15) is 4.98 Å². The molecule has 3 aromatic heterocycles. The first-order valence-electron chi connectivity index (χ1n) is 10.9. The average Bonchev–Trinajstić information content (AvgIpc) is 3.55. The van der Waals surface area contributed by atoms with Crippen LogP contribution in [0, 0.1) is 5.92 Å². The molecule has 2 amide bonds. The van der Waals surface area contributed by atoms with Crippen LogP contribution in [-0.2, 0) is 14.8 Å². The topological polar surface area (TPSA) is 176 Å². The monoisotopic (exact) mass is 500 g/mol. The van der Waals surface area contributed by atoms with Gasteiger partial charge in [-0.25, -0.2) is 17.7 Å². The molecule has 1 saturated heterocycles. The lowest BCUT2D eigenvalue weighted by atomic mass is 10.1. The van der Waals surface area contributed by atoms with E-state index in [-0.39, 0.29) is 35.3 Å². The minimum Gasteiger partial charge on any atom is -0.367 e. The number of pyridine rings is 1. The number of hydrogen-bond acceptors (Lipinski definition) is 10. The van der Waals surface area contributed by atoms with E-state index in [0.717, 1.165) is 24.8 Å². The first kappa shape index (κ1) is 22.9. The van der Waals surface area contributed by atoms with E-state index in [1.165, 1.54) is 13.1 Å². The standard InChI is InChI=1S/C20H24N10O4S/c1-21-19(32)17-14(7-15(25-26-17)23-18(31)11-3-4-11)22-20-24-16-6-5-13(10-30(16)27-20)29-8-12(9-29)28-35(2,33)34/h5-7,10-12,28H,3-4,8-9H2,1-2H3,(H,21,32)(H2,22,23,25,27,31). The summed E-state index contributed by atoms with van der Waals surface area (Å²) in [6.07, 6.45) is 4.62. The maximum atomic E-state index is 12.3. The molecule has 2 fully saturated rings. The highest BCUT2D eigenvalue weighted by molar-refractivity contribution is 7.88. The van der Waals surface area contributed by atoms with Crippen molar-refractivity contribution in [2.24, 2.45) is 5.92 Å². The smallest absolute Gasteiger partial charge is 0.273 e. The third-order valence-electron chi connectivity index (χ3n) is 5.62. The minimum atomic E-state index is -3.25. The van der Waals surface area contributed by atoms with Crippen molar-refractivity contribution in [2.45, 2.75) is 18.9 Å². The molecule has 3 aromatic rings. The summed E-state index contributed by atoms with van der Waals surface area (Å²) in [5.41, 5.74) is 1.75. The highest BCUT2D eigenvalue weighted by Crippen LogP contribution is 2.30. The van der Waals surface area contributed by atoms with Gasteiger partial charge in [-0.1, -0.05) is 0 Å². The Balaban J connectivity index is 1.35. The fourth-order valence-corrected chi connectivity index (χ4v) is 4.46. The summed E-state index contributed by atoms with van der Waals surface area (Å²) >= 11 is 0. The Labute approximate surface area is 200 Å². The molecule has 35 heavy (non-hydrogen) atoms. The second-order valence-corrected chi connectivity index (χ2v) is 10.4. The average molecular weight is 501 g/mol. The van der Waals surface area contributed by atoms with Gasteiger partial charge in [-0.15, -0.1) is 15.3 Å². The van der Waals surface area contributed by atoms with Crippen LogP contribution in [0.3, 0.4) is 0 Å². The van der Waals surface area contributed by atoms with Crippen LogP contribution in [0.15, 0.2) is 24.4 Å². The number of carbonyl (C=O) groups excluding carboxylic acids is 2. The number of rotatable bonds is 8. The van der Waals surface area contributed by atoms with Crippen molar-refractivity contribution >= 4 is 50.6 Å². The van der Waals surface area contributed by atoms with Crippen LogP contribution in [0.2, 0.25) is 0 Å². The molecule has 1 aliphatic heterocycles. The molecule has 0 aromatic carbocycles. The Kier molecular flexibility index (Phi) is 5.72. The quantitative estimate of drug-likeness (QED) is 0.321. The lowest BCUT2D eigenvalue weighted by Crippen LogP contribution is -2.59. The predicted octanol–water partition coefficient (Wildman–Crippen LogP) is -0.291. The number of nitrogens with zero attached hydrogens (tertiary/aromatic N) is 6. The summed E-state index contributed by atoms with van der Waals surface area (Å²) in [5.74, 6) is -0.152. The summed E-state index contributed by atoms with van der Waals surface area (Å²) in [6, 6.07) is 5.05. The second-order valence-electron chi connectivity index (χ2n) is 8.58. The van der Waals surface area contributed by atoms with E-state index in [0.29, 0.717) is 24.4 Å². The molecule has 0 unspecified atom stereocenters. The normalized spacial score (nSPS) is 16.1. The maximum Gasteiger partial charge on any atom is 0.273 e. The van der Waals surface area contributed by atoms with Gasteiger partial charge in [0.15, 0.2) is 17.2 Å². The Morgan fingerprint density at radius 2 is 1.91 bits per heavy atom. The maximum absolute atomic E-state index is 12.3. The van der Waals surface area contributed by atoms with Gasteiger partial charge in [-0.05, 0) is 25.0 Å². The van der Waals surface area contributed by atoms with Gasteiger partial charge >= 0.3 is 0 Å². The van der Waals surface area contributed by atoms with E-state index < -0.39 is 15.9 Å². The Morgan fingerprint density at radius 1 is 1.14 bits per heavy atom. The van der Waals surface area contributed by atoms with Crippen LogP contribution in [0.1, 0.15) is 23.3 Å². The zero-order valence-electron chi connectivity index (χ0n) is 19.0. The zero-order valence-corrected chi connectivity index (χ0v) is 19.8. The molecule has 4 heterocycles. The number of nitrogens with one attached hydrogen (secondary N) is 4. The Bertz CT molecular complexity index is 1410. The Morgan fingerprint density at radius 3 is 2.60 bits per heavy atom. The number of fused-ring (bicyclic) bond motifs is 1. The molecule has 0 spiro atoms. The first-order valence-corrected chi connectivity index (χ1v) is 12.8. The van der Waals surface area contributed by atoms with Crippen LogP contribution in [0.25, 0.3) is 5.65 Å². The molecule has 4 N–H and O–H groups in total. The molecule has 184 valence electrons. The summed E-state index contributed by atoms with van der Waals surface area (Å²) in [5, 5.41) is 20.6. The fraction of sp³-hybridized carbons (Fsp3) is 0.400. The molecule has 0 radical (unpaired) electrons. The first-order chi connectivity index (χ1) is 16.7. The molecular formula is C20H24N10O4S. The van der Waals surface area contributed by atoms with E-state index in [4.69, 9.17) is 0 Å². The molecule has 1 saturated carbocycles. The van der Waals surface area contributed by atoms with Crippen LogP contribution in [0.5, 0.6) is 0 Å². The number of aromatic nitrogens is 5. The van der Waals surface area contributed by atoms with Crippen LogP contribution in [0.4, 0.5) is 23.1 Å². The third kappa shape index (κ3) is 5.14. The van der Waals surface area contributed by atoms with Gasteiger partial charge in [0.1, 0.15) is 0 Å². The van der Waals surface area contributed by atoms with Gasteiger partial charge in [0.05, 0.1) is 29.9 Å². The molecule has 2 aliphatic rings. The molecular weight excluding hydrogens is 476 g/mol. The van der Waals surface area contributed by atoms with E-state index in [9.17, 15) is 18.0 Å². The van der Waals surface area contributed by atoms with E-state index in [2.05, 4.69) is 41.0 Å². The highest BCUT2D eigenvalue weighted by atomic mass is 32.2. The largest absolute Gasteiger partial charge is 0.367 e. The number of carbonyl (C=O) groups is 2. The number of amides is 2. The fourth-order valence-electron chi connectivity index (χ4n) is 3.71. The van der Waals surface area contributed by atoms with Crippen LogP contribution in [-0.4, -0.2) is 77.5 Å². The van der Waals surface area contributed by atoms with E-state index in [1.54, 1.807) is 16.8 Å². The molecule has 15 heteroatoms. The van der Waals surface area contributed by atoms with Gasteiger partial charge in [0, 0.05) is 32.1 Å². The number of sulfonamides is 1. The lowest BCUT2D eigenvalue weighted by Gasteiger charge is -2.40. The van der Waals surface area contributed by atoms with Crippen molar-refractivity contribution < 1.29 is 18.0 Å². The van der Waals surface area contributed by atoms with E-state index in [1.807, 2.05) is 11.0 Å². The Hall–Kier alpha value is -3.85. The highest BCUT2D eigenvalue weighted by Gasteiger charge is 2.31. The van der Waals surface area contributed by atoms with Gasteiger partial charge in [-0.3, -0.25) is 9.59 Å².